The number of nitrogens with zero attached hydrogens (tertiary/aromatic N) is 1. The fourth-order valence-corrected chi connectivity index (χ4v) is 3.65. The summed E-state index contributed by atoms with van der Waals surface area (Å²) in [5.41, 5.74) is 1.17. The normalized spacial score (nSPS) is 13.6. The smallest absolute Gasteiger partial charge is 0.282 e. The van der Waals surface area contributed by atoms with Crippen molar-refractivity contribution in [1.29, 1.82) is 0 Å². The third kappa shape index (κ3) is 3.78. The third-order valence-corrected chi connectivity index (χ3v) is 5.20. The Bertz CT molecular complexity index is 1240. The minimum absolute atomic E-state index is 0.00748. The zero-order valence-electron chi connectivity index (χ0n) is 17.2. The van der Waals surface area contributed by atoms with Crippen molar-refractivity contribution >= 4 is 40.4 Å². The Balaban J connectivity index is 1.87. The van der Waals surface area contributed by atoms with Crippen LogP contribution in [-0.2, 0) is 9.59 Å². The summed E-state index contributed by atoms with van der Waals surface area (Å²) < 4.78 is 24.2. The number of hydrogen-bond acceptors (Lipinski definition) is 5. The molecule has 32 heavy (non-hydrogen) atoms. The summed E-state index contributed by atoms with van der Waals surface area (Å²) in [5, 5.41) is 3.42. The van der Waals surface area contributed by atoms with Crippen LogP contribution in [0.2, 0.25) is 5.02 Å². The SMILES string of the molecule is COc1ccc(Cl)cc1NC1=C(c2ccc(F)cc2)C(=O)N(c2ccccc2OC)C1=O. The fourth-order valence-electron chi connectivity index (χ4n) is 3.48. The number of nitrogens with one attached hydrogen (secondary N) is 1. The maximum atomic E-state index is 13.5. The van der Waals surface area contributed by atoms with Gasteiger partial charge in [-0.15, -0.1) is 0 Å². The predicted molar refractivity (Wildman–Crippen MR) is 120 cm³/mol. The van der Waals surface area contributed by atoms with Gasteiger partial charge in [-0.1, -0.05) is 35.9 Å². The lowest BCUT2D eigenvalue weighted by atomic mass is 10.0. The summed E-state index contributed by atoms with van der Waals surface area (Å²) in [6.45, 7) is 0. The number of carbonyl (C=O) groups excluding carboxylic acids is 2. The monoisotopic (exact) mass is 452 g/mol. The van der Waals surface area contributed by atoms with E-state index in [2.05, 4.69) is 5.32 Å². The van der Waals surface area contributed by atoms with Crippen molar-refractivity contribution < 1.29 is 23.5 Å². The van der Waals surface area contributed by atoms with Crippen LogP contribution in [0.15, 0.2) is 72.4 Å². The molecule has 0 bridgehead atoms. The van der Waals surface area contributed by atoms with E-state index in [-0.39, 0.29) is 11.3 Å². The lowest BCUT2D eigenvalue weighted by Gasteiger charge is -2.18. The Morgan fingerprint density at radius 2 is 1.56 bits per heavy atom. The second kappa shape index (κ2) is 8.72. The highest BCUT2D eigenvalue weighted by Crippen LogP contribution is 2.39. The van der Waals surface area contributed by atoms with Crippen LogP contribution in [0.5, 0.6) is 11.5 Å². The average molecular weight is 453 g/mol. The maximum absolute atomic E-state index is 13.5. The van der Waals surface area contributed by atoms with Gasteiger partial charge in [0.1, 0.15) is 23.0 Å². The van der Waals surface area contributed by atoms with E-state index in [0.29, 0.717) is 33.5 Å². The predicted octanol–water partition coefficient (Wildman–Crippen LogP) is 4.89. The molecule has 4 rings (SSSR count). The molecule has 6 nitrogen and oxygen atoms in total. The van der Waals surface area contributed by atoms with E-state index in [1.807, 2.05) is 0 Å². The number of carbonyl (C=O) groups is 2. The minimum atomic E-state index is -0.596. The van der Waals surface area contributed by atoms with Crippen LogP contribution >= 0.6 is 11.6 Å². The van der Waals surface area contributed by atoms with Crippen LogP contribution in [0.25, 0.3) is 5.57 Å². The van der Waals surface area contributed by atoms with Crippen molar-refractivity contribution in [3.05, 3.63) is 88.8 Å². The van der Waals surface area contributed by atoms with Crippen LogP contribution in [0, 0.1) is 5.82 Å². The van der Waals surface area contributed by atoms with E-state index in [0.717, 1.165) is 4.90 Å². The lowest BCUT2D eigenvalue weighted by molar-refractivity contribution is -0.120. The second-order valence-electron chi connectivity index (χ2n) is 6.84. The zero-order chi connectivity index (χ0) is 22.8. The molecule has 2 amide bonds. The van der Waals surface area contributed by atoms with Crippen molar-refractivity contribution in [2.75, 3.05) is 24.4 Å². The fraction of sp³-hybridized carbons (Fsp3) is 0.0833. The molecule has 3 aromatic carbocycles. The largest absolute Gasteiger partial charge is 0.495 e. The molecule has 162 valence electrons. The van der Waals surface area contributed by atoms with Crippen molar-refractivity contribution in [3.63, 3.8) is 0 Å². The second-order valence-corrected chi connectivity index (χ2v) is 7.28. The molecule has 0 atom stereocenters. The van der Waals surface area contributed by atoms with Crippen molar-refractivity contribution in [1.82, 2.24) is 0 Å². The average Bonchev–Trinajstić information content (AvgIpc) is 3.04. The molecular formula is C24H18ClFN2O4. The van der Waals surface area contributed by atoms with Gasteiger partial charge in [-0.3, -0.25) is 9.59 Å². The molecule has 0 fully saturated rings. The molecule has 0 unspecified atom stereocenters. The summed E-state index contributed by atoms with van der Waals surface area (Å²) in [4.78, 5) is 28.0. The van der Waals surface area contributed by atoms with E-state index in [1.54, 1.807) is 42.5 Å². The number of ether oxygens (including phenoxy) is 2. The van der Waals surface area contributed by atoms with E-state index in [9.17, 15) is 14.0 Å². The van der Waals surface area contributed by atoms with Gasteiger partial charge in [0.05, 0.1) is 31.2 Å². The van der Waals surface area contributed by atoms with Gasteiger partial charge < -0.3 is 14.8 Å². The molecular weight excluding hydrogens is 435 g/mol. The summed E-state index contributed by atoms with van der Waals surface area (Å²) >= 11 is 6.13. The zero-order valence-corrected chi connectivity index (χ0v) is 17.9. The van der Waals surface area contributed by atoms with E-state index < -0.39 is 17.6 Å². The quantitative estimate of drug-likeness (QED) is 0.539. The number of imide groups is 1. The number of para-hydroxylation sites is 2. The Morgan fingerprint density at radius 1 is 0.875 bits per heavy atom. The van der Waals surface area contributed by atoms with Gasteiger partial charge in [0, 0.05) is 5.02 Å². The number of anilines is 2. The van der Waals surface area contributed by atoms with Gasteiger partial charge in [0.25, 0.3) is 11.8 Å². The first-order valence-corrected chi connectivity index (χ1v) is 9.95. The molecule has 1 aliphatic heterocycles. The Labute approximate surface area is 188 Å². The number of amides is 2. The van der Waals surface area contributed by atoms with Gasteiger partial charge in [0.2, 0.25) is 0 Å². The number of rotatable bonds is 6. The Kier molecular flexibility index (Phi) is 5.83. The van der Waals surface area contributed by atoms with Gasteiger partial charge >= 0.3 is 0 Å². The summed E-state index contributed by atoms with van der Waals surface area (Å²) in [6, 6.07) is 16.9. The molecule has 1 aliphatic rings. The first-order chi connectivity index (χ1) is 15.4. The van der Waals surface area contributed by atoms with Crippen LogP contribution < -0.4 is 19.7 Å². The van der Waals surface area contributed by atoms with E-state index >= 15 is 0 Å². The first-order valence-electron chi connectivity index (χ1n) is 9.57. The number of benzene rings is 3. The minimum Gasteiger partial charge on any atom is -0.495 e. The highest BCUT2D eigenvalue weighted by molar-refractivity contribution is 6.46. The molecule has 0 radical (unpaired) electrons. The summed E-state index contributed by atoms with van der Waals surface area (Å²) in [7, 11) is 2.93. The summed E-state index contributed by atoms with van der Waals surface area (Å²) in [5.74, 6) is -0.847. The lowest BCUT2D eigenvalue weighted by Crippen LogP contribution is -2.32. The molecule has 1 N–H and O–H groups in total. The van der Waals surface area contributed by atoms with Crippen LogP contribution in [-0.4, -0.2) is 26.0 Å². The molecule has 0 aromatic heterocycles. The maximum Gasteiger partial charge on any atom is 0.282 e. The summed E-state index contributed by atoms with van der Waals surface area (Å²) in [6.07, 6.45) is 0. The van der Waals surface area contributed by atoms with Crippen molar-refractivity contribution in [2.45, 2.75) is 0 Å². The van der Waals surface area contributed by atoms with Gasteiger partial charge in [-0.05, 0) is 48.0 Å². The molecule has 8 heteroatoms. The molecule has 0 aliphatic carbocycles. The van der Waals surface area contributed by atoms with Crippen molar-refractivity contribution in [3.8, 4) is 11.5 Å². The molecule has 1 heterocycles. The standard InChI is InChI=1S/C24H18ClFN2O4/c1-31-19-12-9-15(25)13-17(19)27-22-21(14-7-10-16(26)11-8-14)23(29)28(24(22)30)18-5-3-4-6-20(18)32-2/h3-13,27H,1-2H3. The molecule has 0 spiro atoms. The molecule has 0 saturated carbocycles. The third-order valence-electron chi connectivity index (χ3n) is 4.96. The first kappa shape index (κ1) is 21.4. The van der Waals surface area contributed by atoms with Crippen LogP contribution in [0.1, 0.15) is 5.56 Å². The highest BCUT2D eigenvalue weighted by Gasteiger charge is 2.41. The number of halogens is 2. The van der Waals surface area contributed by atoms with Gasteiger partial charge in [-0.2, -0.15) is 0 Å². The van der Waals surface area contributed by atoms with Gasteiger partial charge in [-0.25, -0.2) is 9.29 Å². The Hall–Kier alpha value is -3.84. The van der Waals surface area contributed by atoms with E-state index in [4.69, 9.17) is 21.1 Å². The van der Waals surface area contributed by atoms with Crippen molar-refractivity contribution in [2.24, 2.45) is 0 Å². The topological polar surface area (TPSA) is 67.9 Å². The van der Waals surface area contributed by atoms with Gasteiger partial charge in [0.15, 0.2) is 0 Å². The molecule has 3 aromatic rings. The van der Waals surface area contributed by atoms with Crippen LogP contribution in [0.3, 0.4) is 0 Å². The van der Waals surface area contributed by atoms with E-state index in [1.165, 1.54) is 38.5 Å². The number of hydrogen-bond donors (Lipinski definition) is 1. The van der Waals surface area contributed by atoms with Crippen LogP contribution in [0.4, 0.5) is 15.8 Å². The molecule has 0 saturated heterocycles. The highest BCUT2D eigenvalue weighted by atomic mass is 35.5. The number of methoxy groups -OCH3 is 2. The Morgan fingerprint density at radius 3 is 2.25 bits per heavy atom.